The van der Waals surface area contributed by atoms with Crippen LogP contribution in [0.4, 0.5) is 0 Å². The lowest BCUT2D eigenvalue weighted by molar-refractivity contribution is 0.464. The Kier molecular flexibility index (Phi) is 6.77. The number of hydrogen-bond donors (Lipinski definition) is 1. The fourth-order valence-corrected chi connectivity index (χ4v) is 5.12. The molecule has 0 unspecified atom stereocenters. The van der Waals surface area contributed by atoms with Gasteiger partial charge in [-0.2, -0.15) is 0 Å². The number of phenols is 1. The minimum absolute atomic E-state index is 0.181. The third-order valence-corrected chi connectivity index (χ3v) is 7.13. The van der Waals surface area contributed by atoms with Gasteiger partial charge >= 0.3 is 5.63 Å². The molecule has 0 aliphatic heterocycles. The maximum Gasteiger partial charge on any atom is 0.346 e. The van der Waals surface area contributed by atoms with Gasteiger partial charge in [0.05, 0.1) is 11.3 Å². The Bertz CT molecular complexity index is 1500. The molecule has 2 heterocycles. The second-order valence-corrected chi connectivity index (χ2v) is 9.62. The zero-order valence-electron chi connectivity index (χ0n) is 19.7. The van der Waals surface area contributed by atoms with Crippen molar-refractivity contribution in [1.29, 1.82) is 0 Å². The van der Waals surface area contributed by atoms with E-state index in [9.17, 15) is 9.90 Å². The normalized spacial score (nSPS) is 11.2. The van der Waals surface area contributed by atoms with Crippen LogP contribution in [0.1, 0.15) is 38.2 Å². The minimum Gasteiger partial charge on any atom is -0.508 e. The number of fused-ring (bicyclic) bond motifs is 1. The number of hydrogen-bond acceptors (Lipinski definition) is 5. The van der Waals surface area contributed by atoms with Crippen molar-refractivity contribution in [3.63, 3.8) is 0 Å². The van der Waals surface area contributed by atoms with Crippen LogP contribution in [0.2, 0.25) is 0 Å². The van der Waals surface area contributed by atoms with Crippen LogP contribution < -0.4 is 5.63 Å². The van der Waals surface area contributed by atoms with Gasteiger partial charge in [0.1, 0.15) is 16.3 Å². The highest BCUT2D eigenvalue weighted by Crippen LogP contribution is 2.32. The van der Waals surface area contributed by atoms with E-state index in [1.165, 1.54) is 29.7 Å². The topological polar surface area (TPSA) is 63.3 Å². The summed E-state index contributed by atoms with van der Waals surface area (Å²) in [6.07, 6.45) is 5.32. The highest BCUT2D eigenvalue weighted by atomic mass is 32.1. The van der Waals surface area contributed by atoms with Gasteiger partial charge in [-0.05, 0) is 41.7 Å². The first-order chi connectivity index (χ1) is 17.1. The van der Waals surface area contributed by atoms with Gasteiger partial charge < -0.3 is 9.52 Å². The molecule has 1 N–H and O–H groups in total. The van der Waals surface area contributed by atoms with E-state index in [-0.39, 0.29) is 5.75 Å². The number of aryl methyl sites for hydroxylation is 1. The van der Waals surface area contributed by atoms with Crippen LogP contribution in [0.25, 0.3) is 43.9 Å². The zero-order chi connectivity index (χ0) is 24.2. The van der Waals surface area contributed by atoms with Crippen LogP contribution in [-0.4, -0.2) is 10.1 Å². The van der Waals surface area contributed by atoms with Gasteiger partial charge in [-0.25, -0.2) is 9.78 Å². The molecule has 0 saturated heterocycles. The molecular weight excluding hydrogens is 454 g/mol. The molecule has 5 aromatic rings. The lowest BCUT2D eigenvalue weighted by Crippen LogP contribution is -2.02. The number of nitrogens with zero attached hydrogens (tertiary/aromatic N) is 1. The maximum atomic E-state index is 12.7. The third kappa shape index (κ3) is 5.05. The number of aromatic nitrogens is 1. The summed E-state index contributed by atoms with van der Waals surface area (Å²) >= 11 is 1.43. The molecule has 0 aliphatic rings. The predicted octanol–water partition coefficient (Wildman–Crippen LogP) is 8.08. The van der Waals surface area contributed by atoms with E-state index in [0.717, 1.165) is 47.0 Å². The highest BCUT2D eigenvalue weighted by Gasteiger charge is 2.15. The first-order valence-corrected chi connectivity index (χ1v) is 12.9. The molecule has 0 radical (unpaired) electrons. The Morgan fingerprint density at radius 3 is 2.40 bits per heavy atom. The second-order valence-electron chi connectivity index (χ2n) is 8.76. The first-order valence-electron chi connectivity index (χ1n) is 12.0. The van der Waals surface area contributed by atoms with E-state index in [1.807, 2.05) is 35.7 Å². The smallest absolute Gasteiger partial charge is 0.346 e. The summed E-state index contributed by atoms with van der Waals surface area (Å²) < 4.78 is 5.56. The summed E-state index contributed by atoms with van der Waals surface area (Å²) in [5, 5.41) is 13.8. The minimum atomic E-state index is -0.451. The monoisotopic (exact) mass is 481 g/mol. The second kappa shape index (κ2) is 10.3. The van der Waals surface area contributed by atoms with Crippen LogP contribution in [-0.2, 0) is 6.42 Å². The maximum absolute atomic E-state index is 12.7. The molecule has 176 valence electrons. The number of aromatic hydroxyl groups is 1. The van der Waals surface area contributed by atoms with Crippen molar-refractivity contribution < 1.29 is 9.52 Å². The Morgan fingerprint density at radius 1 is 0.886 bits per heavy atom. The van der Waals surface area contributed by atoms with Crippen molar-refractivity contribution in [3.05, 3.63) is 94.2 Å². The van der Waals surface area contributed by atoms with Gasteiger partial charge in [-0.1, -0.05) is 80.8 Å². The van der Waals surface area contributed by atoms with Crippen molar-refractivity contribution in [1.82, 2.24) is 4.98 Å². The number of unbranched alkanes of at least 4 members (excludes halogenated alkanes) is 3. The van der Waals surface area contributed by atoms with Gasteiger partial charge in [0.2, 0.25) is 0 Å². The van der Waals surface area contributed by atoms with Gasteiger partial charge in [0, 0.05) is 22.4 Å². The number of thiazole rings is 1. The van der Waals surface area contributed by atoms with Crippen molar-refractivity contribution in [3.8, 4) is 38.7 Å². The lowest BCUT2D eigenvalue weighted by Gasteiger charge is -2.07. The summed E-state index contributed by atoms with van der Waals surface area (Å²) in [5.41, 5.74) is 5.40. The van der Waals surface area contributed by atoms with Crippen LogP contribution in [0.3, 0.4) is 0 Å². The summed E-state index contributed by atoms with van der Waals surface area (Å²) in [4.78, 5) is 17.5. The molecule has 0 atom stereocenters. The quantitative estimate of drug-likeness (QED) is 0.180. The van der Waals surface area contributed by atoms with E-state index < -0.39 is 5.63 Å². The summed E-state index contributed by atoms with van der Waals surface area (Å²) in [5.74, 6) is 0.181. The molecule has 0 fully saturated rings. The van der Waals surface area contributed by atoms with E-state index in [4.69, 9.17) is 9.40 Å². The Hall–Kier alpha value is -3.70. The Morgan fingerprint density at radius 2 is 1.63 bits per heavy atom. The van der Waals surface area contributed by atoms with Gasteiger partial charge in [-0.15, -0.1) is 11.3 Å². The van der Waals surface area contributed by atoms with Gasteiger partial charge in [-0.3, -0.25) is 0 Å². The molecule has 4 nitrogen and oxygen atoms in total. The SMILES string of the molecule is CCCCCCc1cc2cc(-c3nc(-c4ccc(-c5ccccc5)cc4)cs3)c(=O)oc2cc1O. The van der Waals surface area contributed by atoms with Crippen LogP contribution in [0.15, 0.2) is 87.4 Å². The van der Waals surface area contributed by atoms with E-state index in [2.05, 4.69) is 43.3 Å². The number of phenolic OH excluding ortho intramolecular Hbond substituents is 1. The summed E-state index contributed by atoms with van der Waals surface area (Å²) in [6, 6.07) is 23.8. The zero-order valence-corrected chi connectivity index (χ0v) is 20.5. The van der Waals surface area contributed by atoms with Crippen LogP contribution in [0, 0.1) is 0 Å². The first kappa shape index (κ1) is 23.1. The average molecular weight is 482 g/mol. The van der Waals surface area contributed by atoms with E-state index >= 15 is 0 Å². The molecule has 0 spiro atoms. The molecule has 0 aliphatic carbocycles. The lowest BCUT2D eigenvalue weighted by atomic mass is 10.0. The Labute approximate surface area is 208 Å². The molecule has 35 heavy (non-hydrogen) atoms. The fraction of sp³-hybridized carbons (Fsp3) is 0.200. The van der Waals surface area contributed by atoms with Gasteiger partial charge in [0.15, 0.2) is 0 Å². The van der Waals surface area contributed by atoms with Crippen molar-refractivity contribution >= 4 is 22.3 Å². The number of benzene rings is 3. The van der Waals surface area contributed by atoms with Crippen LogP contribution >= 0.6 is 11.3 Å². The predicted molar refractivity (Wildman–Crippen MR) is 144 cm³/mol. The molecule has 0 saturated carbocycles. The van der Waals surface area contributed by atoms with Gasteiger partial charge in [0.25, 0.3) is 0 Å². The average Bonchev–Trinajstić information content (AvgIpc) is 3.37. The standard InChI is InChI=1S/C30H27NO3S/c1-2-3-4-6-11-23-16-24-17-25(30(33)34-28(24)18-27(23)32)29-31-26(19-35-29)22-14-12-21(13-15-22)20-9-7-5-8-10-20/h5,7-10,12-19,32H,2-4,6,11H2,1H3. The van der Waals surface area contributed by atoms with Crippen LogP contribution in [0.5, 0.6) is 5.75 Å². The van der Waals surface area contributed by atoms with E-state index in [0.29, 0.717) is 16.2 Å². The van der Waals surface area contributed by atoms with Crippen molar-refractivity contribution in [2.75, 3.05) is 0 Å². The molecular formula is C30H27NO3S. The molecule has 3 aromatic carbocycles. The fourth-order valence-electron chi connectivity index (χ4n) is 4.29. The molecule has 0 amide bonds. The molecule has 0 bridgehead atoms. The van der Waals surface area contributed by atoms with E-state index in [1.54, 1.807) is 6.07 Å². The largest absolute Gasteiger partial charge is 0.508 e. The highest BCUT2D eigenvalue weighted by molar-refractivity contribution is 7.13. The summed E-state index contributed by atoms with van der Waals surface area (Å²) in [7, 11) is 0. The molecule has 5 rings (SSSR count). The Balaban J connectivity index is 1.42. The molecule has 2 aromatic heterocycles. The third-order valence-electron chi connectivity index (χ3n) is 6.26. The number of rotatable bonds is 8. The van der Waals surface area contributed by atoms with Crippen molar-refractivity contribution in [2.45, 2.75) is 39.0 Å². The van der Waals surface area contributed by atoms with Crippen molar-refractivity contribution in [2.24, 2.45) is 0 Å². The molecule has 5 heteroatoms. The summed E-state index contributed by atoms with van der Waals surface area (Å²) in [6.45, 7) is 2.18.